The highest BCUT2D eigenvalue weighted by Gasteiger charge is 2.23. The van der Waals surface area contributed by atoms with E-state index < -0.39 is 0 Å². The summed E-state index contributed by atoms with van der Waals surface area (Å²) in [5.74, 6) is 0.0143. The SMILES string of the molecule is O=C(c1cncc(NCC2CCCO2)c1)N1CCCc2ccccc21. The molecule has 0 saturated carbocycles. The Morgan fingerprint density at radius 3 is 3.08 bits per heavy atom. The van der Waals surface area contributed by atoms with Gasteiger partial charge in [0.15, 0.2) is 0 Å². The molecule has 1 N–H and O–H groups in total. The van der Waals surface area contributed by atoms with E-state index in [2.05, 4.69) is 16.4 Å². The van der Waals surface area contributed by atoms with Gasteiger partial charge in [-0.3, -0.25) is 9.78 Å². The summed E-state index contributed by atoms with van der Waals surface area (Å²) in [6, 6.07) is 10.0. The van der Waals surface area contributed by atoms with Crippen LogP contribution in [0.25, 0.3) is 0 Å². The van der Waals surface area contributed by atoms with Crippen LogP contribution in [-0.4, -0.2) is 36.7 Å². The average molecular weight is 337 g/mol. The molecule has 0 bridgehead atoms. The maximum atomic E-state index is 13.0. The molecule has 2 aliphatic rings. The Morgan fingerprint density at radius 1 is 1.28 bits per heavy atom. The summed E-state index contributed by atoms with van der Waals surface area (Å²) >= 11 is 0. The number of ether oxygens (including phenoxy) is 1. The number of para-hydroxylation sites is 1. The number of hydrogen-bond donors (Lipinski definition) is 1. The highest BCUT2D eigenvalue weighted by Crippen LogP contribution is 2.28. The zero-order valence-corrected chi connectivity index (χ0v) is 14.3. The Balaban J connectivity index is 1.50. The number of carbonyl (C=O) groups excluding carboxylic acids is 1. The summed E-state index contributed by atoms with van der Waals surface area (Å²) in [6.07, 6.45) is 7.90. The van der Waals surface area contributed by atoms with E-state index in [1.165, 1.54) is 5.56 Å². The highest BCUT2D eigenvalue weighted by atomic mass is 16.5. The number of anilines is 2. The Kier molecular flexibility index (Phi) is 4.65. The van der Waals surface area contributed by atoms with Crippen LogP contribution in [0, 0.1) is 0 Å². The molecule has 2 aromatic rings. The number of aryl methyl sites for hydroxylation is 1. The van der Waals surface area contributed by atoms with Crippen molar-refractivity contribution in [2.24, 2.45) is 0 Å². The standard InChI is InChI=1S/C20H23N3O2/c24-20(23-9-3-6-15-5-1-2-8-19(15)23)16-11-17(13-21-12-16)22-14-18-7-4-10-25-18/h1-2,5,8,11-13,18,22H,3-4,6-7,9-10,14H2. The summed E-state index contributed by atoms with van der Waals surface area (Å²) in [4.78, 5) is 19.1. The fourth-order valence-corrected chi connectivity index (χ4v) is 3.59. The molecule has 3 heterocycles. The molecular formula is C20H23N3O2. The molecule has 1 saturated heterocycles. The van der Waals surface area contributed by atoms with Gasteiger partial charge in [-0.1, -0.05) is 18.2 Å². The molecular weight excluding hydrogens is 314 g/mol. The monoisotopic (exact) mass is 337 g/mol. The number of nitrogens with zero attached hydrogens (tertiary/aromatic N) is 2. The summed E-state index contributed by atoms with van der Waals surface area (Å²) in [5, 5.41) is 3.35. The van der Waals surface area contributed by atoms with Crippen molar-refractivity contribution < 1.29 is 9.53 Å². The van der Waals surface area contributed by atoms with Crippen molar-refractivity contribution in [1.82, 2.24) is 4.98 Å². The first kappa shape index (κ1) is 16.1. The normalized spacial score (nSPS) is 19.5. The Labute approximate surface area is 148 Å². The lowest BCUT2D eigenvalue weighted by atomic mass is 10.0. The minimum Gasteiger partial charge on any atom is -0.381 e. The van der Waals surface area contributed by atoms with E-state index in [-0.39, 0.29) is 12.0 Å². The second kappa shape index (κ2) is 7.23. The van der Waals surface area contributed by atoms with E-state index in [1.807, 2.05) is 29.2 Å². The van der Waals surface area contributed by atoms with Gasteiger partial charge in [0.2, 0.25) is 0 Å². The van der Waals surface area contributed by atoms with E-state index in [1.54, 1.807) is 12.4 Å². The van der Waals surface area contributed by atoms with Gasteiger partial charge < -0.3 is 15.0 Å². The van der Waals surface area contributed by atoms with Crippen LogP contribution in [-0.2, 0) is 11.2 Å². The lowest BCUT2D eigenvalue weighted by molar-refractivity contribution is 0.0985. The fourth-order valence-electron chi connectivity index (χ4n) is 3.59. The smallest absolute Gasteiger partial charge is 0.259 e. The Bertz CT molecular complexity index is 756. The molecule has 130 valence electrons. The fraction of sp³-hybridized carbons (Fsp3) is 0.400. The molecule has 0 spiro atoms. The van der Waals surface area contributed by atoms with Crippen LogP contribution in [0.5, 0.6) is 0 Å². The first-order valence-electron chi connectivity index (χ1n) is 9.01. The number of benzene rings is 1. The number of amides is 1. The maximum Gasteiger partial charge on any atom is 0.259 e. The lowest BCUT2D eigenvalue weighted by Gasteiger charge is -2.29. The summed E-state index contributed by atoms with van der Waals surface area (Å²) in [5.41, 5.74) is 3.75. The van der Waals surface area contributed by atoms with Crippen LogP contribution in [0.4, 0.5) is 11.4 Å². The molecule has 0 aliphatic carbocycles. The van der Waals surface area contributed by atoms with Gasteiger partial charge >= 0.3 is 0 Å². The van der Waals surface area contributed by atoms with Crippen molar-refractivity contribution >= 4 is 17.3 Å². The van der Waals surface area contributed by atoms with Crippen LogP contribution in [0.2, 0.25) is 0 Å². The summed E-state index contributed by atoms with van der Waals surface area (Å²) in [7, 11) is 0. The number of fused-ring (bicyclic) bond motifs is 1. The van der Waals surface area contributed by atoms with Crippen LogP contribution in [0.1, 0.15) is 35.2 Å². The van der Waals surface area contributed by atoms with Crippen molar-refractivity contribution in [3.8, 4) is 0 Å². The second-order valence-electron chi connectivity index (χ2n) is 6.67. The Hall–Kier alpha value is -2.40. The van der Waals surface area contributed by atoms with Crippen LogP contribution in [0.15, 0.2) is 42.7 Å². The van der Waals surface area contributed by atoms with Gasteiger partial charge in [-0.15, -0.1) is 0 Å². The zero-order valence-electron chi connectivity index (χ0n) is 14.3. The first-order valence-corrected chi connectivity index (χ1v) is 9.01. The van der Waals surface area contributed by atoms with E-state index in [9.17, 15) is 4.79 Å². The molecule has 25 heavy (non-hydrogen) atoms. The van der Waals surface area contributed by atoms with Gasteiger partial charge in [-0.25, -0.2) is 0 Å². The first-order chi connectivity index (χ1) is 12.3. The molecule has 2 aliphatic heterocycles. The number of hydrogen-bond acceptors (Lipinski definition) is 4. The molecule has 4 rings (SSSR count). The molecule has 5 nitrogen and oxygen atoms in total. The van der Waals surface area contributed by atoms with E-state index in [0.717, 1.165) is 56.8 Å². The number of nitrogens with one attached hydrogen (secondary N) is 1. The number of carbonyl (C=O) groups is 1. The predicted molar refractivity (Wildman–Crippen MR) is 98.1 cm³/mol. The molecule has 5 heteroatoms. The highest BCUT2D eigenvalue weighted by molar-refractivity contribution is 6.07. The van der Waals surface area contributed by atoms with Crippen molar-refractivity contribution in [1.29, 1.82) is 0 Å². The number of rotatable bonds is 4. The van der Waals surface area contributed by atoms with Crippen molar-refractivity contribution in [2.75, 3.05) is 29.9 Å². The van der Waals surface area contributed by atoms with E-state index in [0.29, 0.717) is 5.56 Å². The van der Waals surface area contributed by atoms with E-state index >= 15 is 0 Å². The third kappa shape index (κ3) is 3.51. The summed E-state index contributed by atoms with van der Waals surface area (Å²) in [6.45, 7) is 2.35. The second-order valence-corrected chi connectivity index (χ2v) is 6.67. The van der Waals surface area contributed by atoms with Crippen LogP contribution >= 0.6 is 0 Å². The molecule has 0 radical (unpaired) electrons. The quantitative estimate of drug-likeness (QED) is 0.930. The number of pyridine rings is 1. The third-order valence-electron chi connectivity index (χ3n) is 4.90. The van der Waals surface area contributed by atoms with Gasteiger partial charge in [0.25, 0.3) is 5.91 Å². The van der Waals surface area contributed by atoms with Gasteiger partial charge in [0.05, 0.1) is 17.4 Å². The predicted octanol–water partition coefficient (Wildman–Crippen LogP) is 3.27. The van der Waals surface area contributed by atoms with Gasteiger partial charge in [-0.2, -0.15) is 0 Å². The Morgan fingerprint density at radius 2 is 2.20 bits per heavy atom. The zero-order chi connectivity index (χ0) is 17.1. The molecule has 1 aromatic carbocycles. The van der Waals surface area contributed by atoms with Crippen molar-refractivity contribution in [2.45, 2.75) is 31.8 Å². The van der Waals surface area contributed by atoms with Gasteiger partial charge in [-0.05, 0) is 43.4 Å². The van der Waals surface area contributed by atoms with E-state index in [4.69, 9.17) is 4.74 Å². The minimum absolute atomic E-state index is 0.0143. The minimum atomic E-state index is 0.0143. The average Bonchev–Trinajstić information content (AvgIpc) is 3.19. The van der Waals surface area contributed by atoms with Crippen molar-refractivity contribution in [3.05, 3.63) is 53.9 Å². The largest absolute Gasteiger partial charge is 0.381 e. The number of aromatic nitrogens is 1. The topological polar surface area (TPSA) is 54.5 Å². The molecule has 1 amide bonds. The van der Waals surface area contributed by atoms with Crippen LogP contribution < -0.4 is 10.2 Å². The van der Waals surface area contributed by atoms with Gasteiger partial charge in [0, 0.05) is 37.8 Å². The van der Waals surface area contributed by atoms with Crippen molar-refractivity contribution in [3.63, 3.8) is 0 Å². The lowest BCUT2D eigenvalue weighted by Crippen LogP contribution is -2.35. The molecule has 1 fully saturated rings. The molecule has 1 aromatic heterocycles. The molecule has 1 unspecified atom stereocenters. The molecule has 1 atom stereocenters. The third-order valence-corrected chi connectivity index (χ3v) is 4.90. The van der Waals surface area contributed by atoms with Crippen LogP contribution in [0.3, 0.4) is 0 Å². The summed E-state index contributed by atoms with van der Waals surface area (Å²) < 4.78 is 5.63. The maximum absolute atomic E-state index is 13.0. The van der Waals surface area contributed by atoms with Gasteiger partial charge in [0.1, 0.15) is 0 Å².